The molecule has 2 heteroatoms. The summed E-state index contributed by atoms with van der Waals surface area (Å²) in [6, 6.07) is 20.2. The van der Waals surface area contributed by atoms with E-state index in [1.165, 1.54) is 10.6 Å². The molecule has 0 bridgehead atoms. The van der Waals surface area contributed by atoms with Crippen molar-refractivity contribution in [1.29, 1.82) is 0 Å². The van der Waals surface area contributed by atoms with Gasteiger partial charge in [0.2, 0.25) is 0 Å². The Kier molecular flexibility index (Phi) is 5.38. The van der Waals surface area contributed by atoms with Gasteiger partial charge in [0.1, 0.15) is 0 Å². The van der Waals surface area contributed by atoms with Crippen molar-refractivity contribution in [2.24, 2.45) is 0 Å². The van der Waals surface area contributed by atoms with Gasteiger partial charge in [-0.1, -0.05) is 60.7 Å². The van der Waals surface area contributed by atoms with Gasteiger partial charge in [0.15, 0.2) is 0 Å². The van der Waals surface area contributed by atoms with Crippen LogP contribution in [0.2, 0.25) is 0 Å². The van der Waals surface area contributed by atoms with E-state index in [9.17, 15) is 0 Å². The van der Waals surface area contributed by atoms with E-state index in [2.05, 4.69) is 29.9 Å². The van der Waals surface area contributed by atoms with Crippen molar-refractivity contribution in [2.45, 2.75) is 0 Å². The maximum Gasteiger partial charge on any atom is 1.00 e. The Morgan fingerprint density at radius 1 is 0.750 bits per heavy atom. The molecule has 0 fully saturated rings. The van der Waals surface area contributed by atoms with Crippen molar-refractivity contribution in [1.82, 2.24) is 0 Å². The van der Waals surface area contributed by atoms with Crippen LogP contribution in [0.25, 0.3) is 0 Å². The van der Waals surface area contributed by atoms with Crippen molar-refractivity contribution in [3.8, 4) is 5.66 Å². The predicted octanol–water partition coefficient (Wildman–Crippen LogP) is -0.329. The van der Waals surface area contributed by atoms with Crippen LogP contribution in [0.1, 0.15) is 0 Å². The zero-order valence-electron chi connectivity index (χ0n) is 9.22. The molecule has 2 aromatic rings. The van der Waals surface area contributed by atoms with E-state index in [-0.39, 0.29) is 18.9 Å². The third kappa shape index (κ3) is 3.01. The van der Waals surface area contributed by atoms with Gasteiger partial charge in [-0.3, -0.25) is 0 Å². The summed E-state index contributed by atoms with van der Waals surface area (Å²) in [6.45, 7) is 0. The average molecular weight is 216 g/mol. The summed E-state index contributed by atoms with van der Waals surface area (Å²) in [4.78, 5) is 0. The van der Waals surface area contributed by atoms with E-state index in [0.29, 0.717) is 0 Å². The van der Waals surface area contributed by atoms with Crippen molar-refractivity contribution >= 4 is 18.5 Å². The summed E-state index contributed by atoms with van der Waals surface area (Å²) in [5.41, 5.74) is 2.65. The van der Waals surface area contributed by atoms with Crippen LogP contribution in [0.15, 0.2) is 60.7 Å². The van der Waals surface area contributed by atoms with Gasteiger partial charge in [0, 0.05) is 0 Å². The maximum atomic E-state index is 7.41. The molecule has 0 radical (unpaired) electrons. The van der Waals surface area contributed by atoms with E-state index < -0.39 is 7.92 Å². The van der Waals surface area contributed by atoms with Gasteiger partial charge in [-0.25, -0.2) is 0 Å². The summed E-state index contributed by atoms with van der Waals surface area (Å²) in [7, 11) is -0.732. The molecule has 0 saturated heterocycles. The number of hydrogen-bond acceptors (Lipinski definition) is 0. The van der Waals surface area contributed by atoms with E-state index in [1.807, 2.05) is 36.4 Å². The van der Waals surface area contributed by atoms with E-state index in [0.717, 1.165) is 0 Å². The number of rotatable bonds is 2. The molecule has 0 nitrogen and oxygen atoms in total. The van der Waals surface area contributed by atoms with Gasteiger partial charge >= 0.3 is 18.9 Å². The van der Waals surface area contributed by atoms with Gasteiger partial charge in [0.05, 0.1) is 0 Å². The normalized spacial score (nSPS) is 9.25. The van der Waals surface area contributed by atoms with Crippen LogP contribution in [0.5, 0.6) is 0 Å². The molecule has 0 atom stereocenters. The van der Waals surface area contributed by atoms with E-state index in [1.54, 1.807) is 0 Å². The molecular weight excluding hydrogens is 206 g/mol. The number of hydrogen-bond donors (Lipinski definition) is 0. The van der Waals surface area contributed by atoms with Crippen molar-refractivity contribution in [2.75, 3.05) is 0 Å². The molecule has 0 unspecified atom stereocenters. The van der Waals surface area contributed by atoms with Gasteiger partial charge in [0.25, 0.3) is 0 Å². The fraction of sp³-hybridized carbons (Fsp3) is 0. The molecule has 0 saturated carbocycles. The first-order valence-electron chi connectivity index (χ1n) is 4.74. The summed E-state index contributed by atoms with van der Waals surface area (Å²) < 4.78 is 0. The molecule has 0 aliphatic heterocycles. The minimum absolute atomic E-state index is 0. The SMILES string of the molecule is [C-]#CP(c1ccccc1)c1ccccc1.[Li+]. The second kappa shape index (κ2) is 6.58. The molecule has 16 heavy (non-hydrogen) atoms. The Morgan fingerprint density at radius 2 is 1.12 bits per heavy atom. The van der Waals surface area contributed by atoms with E-state index >= 15 is 0 Å². The van der Waals surface area contributed by atoms with Crippen molar-refractivity contribution in [3.63, 3.8) is 0 Å². The largest absolute Gasteiger partial charge is 1.00 e. The second-order valence-corrected chi connectivity index (χ2v) is 5.05. The Balaban J connectivity index is 0.00000128. The van der Waals surface area contributed by atoms with Gasteiger partial charge in [-0.15, -0.1) is 0 Å². The minimum atomic E-state index is -0.732. The first-order valence-corrected chi connectivity index (χ1v) is 6.08. The maximum absolute atomic E-state index is 7.41. The Morgan fingerprint density at radius 3 is 1.44 bits per heavy atom. The Hall–Kier alpha value is -0.973. The molecule has 0 aliphatic carbocycles. The smallest absolute Gasteiger partial charge is 0.688 e. The van der Waals surface area contributed by atoms with Crippen LogP contribution in [0, 0.1) is 12.1 Å². The molecule has 72 valence electrons. The first-order chi connectivity index (χ1) is 7.42. The average Bonchev–Trinajstić information content (AvgIpc) is 2.33. The molecule has 2 aromatic carbocycles. The molecule has 0 N–H and O–H groups in total. The van der Waals surface area contributed by atoms with Crippen molar-refractivity contribution < 1.29 is 18.9 Å². The molecule has 2 rings (SSSR count). The Labute approximate surface area is 110 Å². The standard InChI is InChI=1S/C14H10P.Li/c1-2-15(13-9-5-3-6-10-13)14-11-7-4-8-12-14;/h3-12H;/q-1;+1. The van der Waals surface area contributed by atoms with Crippen LogP contribution in [-0.4, -0.2) is 0 Å². The number of benzene rings is 2. The molecule has 0 spiro atoms. The van der Waals surface area contributed by atoms with Crippen LogP contribution in [0.4, 0.5) is 0 Å². The monoisotopic (exact) mass is 216 g/mol. The quantitative estimate of drug-likeness (QED) is 0.279. The first kappa shape index (κ1) is 13.1. The molecule has 0 heterocycles. The van der Waals surface area contributed by atoms with Crippen molar-refractivity contribution in [3.05, 3.63) is 67.1 Å². The predicted molar refractivity (Wildman–Crippen MR) is 66.2 cm³/mol. The second-order valence-electron chi connectivity index (χ2n) is 3.12. The summed E-state index contributed by atoms with van der Waals surface area (Å²) >= 11 is 0. The van der Waals surface area contributed by atoms with E-state index in [4.69, 9.17) is 6.42 Å². The van der Waals surface area contributed by atoms with Gasteiger partial charge < -0.3 is 12.1 Å². The summed E-state index contributed by atoms with van der Waals surface area (Å²) in [5, 5.41) is 2.35. The molecular formula is C14H10LiP. The topological polar surface area (TPSA) is 0 Å². The summed E-state index contributed by atoms with van der Waals surface area (Å²) in [6.07, 6.45) is 7.41. The van der Waals surface area contributed by atoms with Crippen LogP contribution < -0.4 is 29.5 Å². The third-order valence-electron chi connectivity index (χ3n) is 2.14. The summed E-state index contributed by atoms with van der Waals surface area (Å²) in [5.74, 6) is 0. The van der Waals surface area contributed by atoms with Crippen LogP contribution in [-0.2, 0) is 0 Å². The van der Waals surface area contributed by atoms with Crippen LogP contribution in [0.3, 0.4) is 0 Å². The zero-order chi connectivity index (χ0) is 10.5. The third-order valence-corrected chi connectivity index (χ3v) is 3.99. The molecule has 0 amide bonds. The fourth-order valence-corrected chi connectivity index (χ4v) is 2.93. The minimum Gasteiger partial charge on any atom is -0.688 e. The zero-order valence-corrected chi connectivity index (χ0v) is 10.1. The van der Waals surface area contributed by atoms with Crippen LogP contribution >= 0.6 is 7.92 Å². The molecule has 0 aromatic heterocycles. The van der Waals surface area contributed by atoms with Gasteiger partial charge in [-0.2, -0.15) is 0 Å². The fourth-order valence-electron chi connectivity index (χ4n) is 1.43. The Bertz CT molecular complexity index is 420. The van der Waals surface area contributed by atoms with Gasteiger partial charge in [-0.05, 0) is 18.5 Å². The molecule has 0 aliphatic rings.